The molecule has 3 N–H and O–H groups in total. The maximum absolute atomic E-state index is 12.6. The number of hydrogen-bond acceptors (Lipinski definition) is 4. The average molecular weight is 479 g/mol. The third kappa shape index (κ3) is 5.50. The van der Waals surface area contributed by atoms with Crippen LogP contribution in [0.4, 0.5) is 4.79 Å². The molecule has 4 rings (SSSR count). The van der Waals surface area contributed by atoms with Gasteiger partial charge in [-0.3, -0.25) is 4.79 Å². The minimum Gasteiger partial charge on any atom is -0.480 e. The Morgan fingerprint density at radius 3 is 2.09 bits per heavy atom. The average Bonchev–Trinajstić information content (AvgIpc) is 3.19. The van der Waals surface area contributed by atoms with Crippen molar-refractivity contribution in [1.82, 2.24) is 10.6 Å². The summed E-state index contributed by atoms with van der Waals surface area (Å²) in [5.41, 5.74) is 4.72. The van der Waals surface area contributed by atoms with Crippen LogP contribution >= 0.6 is 0 Å². The number of alkyl carbamates (subject to hydrolysis) is 1. The van der Waals surface area contributed by atoms with E-state index >= 15 is 0 Å². The van der Waals surface area contributed by atoms with Gasteiger partial charge >= 0.3 is 12.1 Å². The number of ether oxygens (including phenoxy) is 1. The van der Waals surface area contributed by atoms with E-state index in [0.29, 0.717) is 32.1 Å². The van der Waals surface area contributed by atoms with Crippen molar-refractivity contribution in [2.75, 3.05) is 6.61 Å². The van der Waals surface area contributed by atoms with Gasteiger partial charge in [0.25, 0.3) is 0 Å². The molecule has 2 unspecified atom stereocenters. The molecule has 0 radical (unpaired) electrons. The standard InChI is InChI=1S/C28H34N2O5/c1-3-17(2)25(27(32)33)30-26(31)18-12-14-19(15-13-18)29-28(34)35-16-24-22-10-6-4-8-20(22)21-9-5-7-11-23(21)24/h4-11,17-19,24-25H,3,12-16H2,1-2H3,(H,29,34)(H,30,31)(H,32,33). The molecule has 35 heavy (non-hydrogen) atoms. The lowest BCUT2D eigenvalue weighted by Gasteiger charge is -2.30. The fraction of sp³-hybridized carbons (Fsp3) is 0.464. The van der Waals surface area contributed by atoms with Gasteiger partial charge in [-0.05, 0) is 53.9 Å². The summed E-state index contributed by atoms with van der Waals surface area (Å²) in [7, 11) is 0. The van der Waals surface area contributed by atoms with Crippen molar-refractivity contribution in [2.24, 2.45) is 11.8 Å². The van der Waals surface area contributed by atoms with Crippen molar-refractivity contribution < 1.29 is 24.2 Å². The van der Waals surface area contributed by atoms with Gasteiger partial charge in [-0.2, -0.15) is 0 Å². The monoisotopic (exact) mass is 478 g/mol. The van der Waals surface area contributed by atoms with E-state index in [9.17, 15) is 19.5 Å². The van der Waals surface area contributed by atoms with E-state index in [0.717, 1.165) is 0 Å². The summed E-state index contributed by atoms with van der Waals surface area (Å²) < 4.78 is 5.64. The number of nitrogens with one attached hydrogen (secondary N) is 2. The normalized spacial score (nSPS) is 20.7. The molecule has 0 heterocycles. The third-order valence-electron chi connectivity index (χ3n) is 7.54. The summed E-state index contributed by atoms with van der Waals surface area (Å²) in [6, 6.07) is 15.5. The summed E-state index contributed by atoms with van der Waals surface area (Å²) >= 11 is 0. The smallest absolute Gasteiger partial charge is 0.407 e. The van der Waals surface area contributed by atoms with Gasteiger partial charge in [-0.25, -0.2) is 9.59 Å². The number of carboxylic acid groups (broad SMARTS) is 1. The van der Waals surface area contributed by atoms with Crippen LogP contribution in [-0.4, -0.2) is 41.8 Å². The second-order valence-corrected chi connectivity index (χ2v) is 9.73. The lowest BCUT2D eigenvalue weighted by molar-refractivity contribution is -0.144. The Labute approximate surface area is 206 Å². The highest BCUT2D eigenvalue weighted by Crippen LogP contribution is 2.44. The zero-order chi connectivity index (χ0) is 24.9. The number of fused-ring (bicyclic) bond motifs is 3. The van der Waals surface area contributed by atoms with Crippen LogP contribution in [0.5, 0.6) is 0 Å². The fourth-order valence-electron chi connectivity index (χ4n) is 5.26. The minimum atomic E-state index is -1.00. The number of aliphatic carboxylic acids is 1. The first kappa shape index (κ1) is 24.8. The SMILES string of the molecule is CCC(C)C(NC(=O)C1CCC(NC(=O)OCC2c3ccccc3-c3ccccc32)CC1)C(=O)O. The third-order valence-corrected chi connectivity index (χ3v) is 7.54. The number of benzene rings is 2. The predicted octanol–water partition coefficient (Wildman–Crippen LogP) is 4.70. The van der Waals surface area contributed by atoms with Crippen molar-refractivity contribution in [1.29, 1.82) is 0 Å². The van der Waals surface area contributed by atoms with E-state index in [1.54, 1.807) is 0 Å². The number of amides is 2. The summed E-state index contributed by atoms with van der Waals surface area (Å²) in [5, 5.41) is 15.1. The maximum atomic E-state index is 12.6. The van der Waals surface area contributed by atoms with E-state index in [-0.39, 0.29) is 36.3 Å². The van der Waals surface area contributed by atoms with Gasteiger partial charge in [0.2, 0.25) is 5.91 Å². The Morgan fingerprint density at radius 2 is 1.54 bits per heavy atom. The molecular weight excluding hydrogens is 444 g/mol. The van der Waals surface area contributed by atoms with Crippen molar-refractivity contribution in [2.45, 2.75) is 64.0 Å². The Bertz CT molecular complexity index is 1030. The molecule has 1 saturated carbocycles. The van der Waals surface area contributed by atoms with Crippen LogP contribution < -0.4 is 10.6 Å². The van der Waals surface area contributed by atoms with Crippen LogP contribution in [0.3, 0.4) is 0 Å². The van der Waals surface area contributed by atoms with E-state index in [1.165, 1.54) is 22.3 Å². The summed E-state index contributed by atoms with van der Waals surface area (Å²) in [6.07, 6.45) is 2.75. The largest absolute Gasteiger partial charge is 0.480 e. The molecule has 0 aromatic heterocycles. The first-order chi connectivity index (χ1) is 16.9. The zero-order valence-electron chi connectivity index (χ0n) is 20.3. The second-order valence-electron chi connectivity index (χ2n) is 9.73. The van der Waals surface area contributed by atoms with Gasteiger partial charge in [0, 0.05) is 17.9 Å². The second kappa shape index (κ2) is 10.9. The van der Waals surface area contributed by atoms with E-state index in [4.69, 9.17) is 4.74 Å². The molecule has 0 aliphatic heterocycles. The van der Waals surface area contributed by atoms with Crippen molar-refractivity contribution in [3.63, 3.8) is 0 Å². The number of hydrogen-bond donors (Lipinski definition) is 3. The molecule has 2 amide bonds. The summed E-state index contributed by atoms with van der Waals surface area (Å²) in [4.78, 5) is 36.7. The minimum absolute atomic E-state index is 0.0141. The van der Waals surface area contributed by atoms with E-state index < -0.39 is 18.1 Å². The van der Waals surface area contributed by atoms with Crippen molar-refractivity contribution >= 4 is 18.0 Å². The molecule has 0 spiro atoms. The number of carboxylic acids is 1. The summed E-state index contributed by atoms with van der Waals surface area (Å²) in [6.45, 7) is 4.00. The molecule has 2 atom stereocenters. The van der Waals surface area contributed by atoms with Gasteiger partial charge in [0.15, 0.2) is 0 Å². The molecule has 1 fully saturated rings. The molecule has 2 aromatic carbocycles. The molecule has 2 aromatic rings. The first-order valence-corrected chi connectivity index (χ1v) is 12.5. The molecule has 7 nitrogen and oxygen atoms in total. The highest BCUT2D eigenvalue weighted by molar-refractivity contribution is 5.85. The highest BCUT2D eigenvalue weighted by Gasteiger charge is 2.33. The van der Waals surface area contributed by atoms with Gasteiger partial charge in [0.1, 0.15) is 12.6 Å². The summed E-state index contributed by atoms with van der Waals surface area (Å²) in [5.74, 6) is -1.57. The van der Waals surface area contributed by atoms with Crippen LogP contribution in [0, 0.1) is 11.8 Å². The topological polar surface area (TPSA) is 105 Å². The van der Waals surface area contributed by atoms with Gasteiger partial charge in [-0.15, -0.1) is 0 Å². The first-order valence-electron chi connectivity index (χ1n) is 12.5. The molecular formula is C28H34N2O5. The van der Waals surface area contributed by atoms with Crippen LogP contribution in [0.15, 0.2) is 48.5 Å². The van der Waals surface area contributed by atoms with Gasteiger partial charge < -0.3 is 20.5 Å². The van der Waals surface area contributed by atoms with Gasteiger partial charge in [0.05, 0.1) is 0 Å². The van der Waals surface area contributed by atoms with Crippen LogP contribution in [-0.2, 0) is 14.3 Å². The Morgan fingerprint density at radius 1 is 0.971 bits per heavy atom. The molecule has 2 aliphatic rings. The number of carbonyl (C=O) groups excluding carboxylic acids is 2. The van der Waals surface area contributed by atoms with Crippen LogP contribution in [0.1, 0.15) is 63.0 Å². The number of carbonyl (C=O) groups is 3. The number of rotatable bonds is 8. The Kier molecular flexibility index (Phi) is 7.73. The molecule has 186 valence electrons. The van der Waals surface area contributed by atoms with E-state index in [2.05, 4.69) is 34.9 Å². The Hall–Kier alpha value is -3.35. The lowest BCUT2D eigenvalue weighted by atomic mass is 9.85. The fourth-order valence-corrected chi connectivity index (χ4v) is 5.26. The van der Waals surface area contributed by atoms with E-state index in [1.807, 2.05) is 38.1 Å². The van der Waals surface area contributed by atoms with Crippen molar-refractivity contribution in [3.8, 4) is 11.1 Å². The van der Waals surface area contributed by atoms with Crippen LogP contribution in [0.2, 0.25) is 0 Å². The molecule has 7 heteroatoms. The maximum Gasteiger partial charge on any atom is 0.407 e. The molecule has 0 bridgehead atoms. The Balaban J connectivity index is 1.26. The zero-order valence-corrected chi connectivity index (χ0v) is 20.3. The highest BCUT2D eigenvalue weighted by atomic mass is 16.5. The lowest BCUT2D eigenvalue weighted by Crippen LogP contribution is -2.48. The van der Waals surface area contributed by atoms with Crippen molar-refractivity contribution in [3.05, 3.63) is 59.7 Å². The van der Waals surface area contributed by atoms with Gasteiger partial charge in [-0.1, -0.05) is 68.8 Å². The molecule has 2 aliphatic carbocycles. The molecule has 0 saturated heterocycles. The predicted molar refractivity (Wildman–Crippen MR) is 133 cm³/mol. The quantitative estimate of drug-likeness (QED) is 0.510. The van der Waals surface area contributed by atoms with Crippen LogP contribution in [0.25, 0.3) is 11.1 Å².